The summed E-state index contributed by atoms with van der Waals surface area (Å²) in [5.74, 6) is -2.03. The van der Waals surface area contributed by atoms with Crippen molar-refractivity contribution in [2.45, 2.75) is 0 Å². The zero-order valence-corrected chi connectivity index (χ0v) is 12.8. The van der Waals surface area contributed by atoms with Gasteiger partial charge < -0.3 is 22.3 Å². The van der Waals surface area contributed by atoms with E-state index in [9.17, 15) is 24.3 Å². The van der Waals surface area contributed by atoms with E-state index in [1.807, 2.05) is 0 Å². The number of urea groups is 2. The number of amides is 6. The zero-order chi connectivity index (χ0) is 18.7. The summed E-state index contributed by atoms with van der Waals surface area (Å²) in [6.07, 6.45) is 0. The number of phenols is 1. The largest absolute Gasteiger partial charge is 0.507 e. The van der Waals surface area contributed by atoms with Crippen LogP contribution >= 0.6 is 0 Å². The van der Waals surface area contributed by atoms with Crippen molar-refractivity contribution >= 4 is 23.9 Å². The van der Waals surface area contributed by atoms with Gasteiger partial charge in [0.1, 0.15) is 5.75 Å². The van der Waals surface area contributed by atoms with Crippen LogP contribution in [0.3, 0.4) is 0 Å². The van der Waals surface area contributed by atoms with Crippen molar-refractivity contribution in [2.24, 2.45) is 17.2 Å². The molecule has 0 unspecified atom stereocenters. The number of hydrogen-bond acceptors (Lipinski definition) is 5. The highest BCUT2D eigenvalue weighted by Gasteiger charge is 2.27. The van der Waals surface area contributed by atoms with E-state index in [1.54, 1.807) is 12.1 Å². The van der Waals surface area contributed by atoms with Gasteiger partial charge in [0.15, 0.2) is 0 Å². The maximum atomic E-state index is 12.3. The van der Waals surface area contributed by atoms with Gasteiger partial charge in [0.05, 0.1) is 0 Å². The van der Waals surface area contributed by atoms with Crippen LogP contribution in [0.5, 0.6) is 5.75 Å². The Hall–Kier alpha value is -3.88. The number of rotatable bonds is 3. The third-order valence-corrected chi connectivity index (χ3v) is 3.37. The smallest absolute Gasteiger partial charge is 0.330 e. The fourth-order valence-electron chi connectivity index (χ4n) is 2.25. The first kappa shape index (κ1) is 17.5. The number of carbonyl (C=O) groups excluding carboxylic acids is 4. The number of aromatic hydroxyl groups is 1. The molecule has 0 saturated heterocycles. The molecule has 0 aliphatic heterocycles. The van der Waals surface area contributed by atoms with E-state index in [1.165, 1.54) is 30.3 Å². The van der Waals surface area contributed by atoms with Gasteiger partial charge in [0.2, 0.25) is 5.91 Å². The summed E-state index contributed by atoms with van der Waals surface area (Å²) in [5, 5.41) is 9.99. The van der Waals surface area contributed by atoms with Crippen molar-refractivity contribution in [2.75, 3.05) is 0 Å². The minimum Gasteiger partial charge on any atom is -0.507 e. The number of imide groups is 3. The van der Waals surface area contributed by atoms with Crippen molar-refractivity contribution in [1.29, 1.82) is 0 Å². The van der Waals surface area contributed by atoms with E-state index in [0.717, 1.165) is 0 Å². The fraction of sp³-hybridized carbons (Fsp3) is 0. The van der Waals surface area contributed by atoms with E-state index in [0.29, 0.717) is 0 Å². The van der Waals surface area contributed by atoms with Crippen molar-refractivity contribution in [1.82, 2.24) is 4.90 Å². The molecular weight excluding hydrogens is 328 g/mol. The van der Waals surface area contributed by atoms with E-state index >= 15 is 0 Å². The number of hydrogen-bond donors (Lipinski definition) is 4. The van der Waals surface area contributed by atoms with Crippen LogP contribution in [0.15, 0.2) is 42.5 Å². The monoisotopic (exact) mass is 342 g/mol. The lowest BCUT2D eigenvalue weighted by Crippen LogP contribution is -2.47. The number of primary amides is 3. The van der Waals surface area contributed by atoms with Crippen LogP contribution in [-0.4, -0.2) is 33.9 Å². The highest BCUT2D eigenvalue weighted by Crippen LogP contribution is 2.32. The van der Waals surface area contributed by atoms with Crippen LogP contribution in [0.1, 0.15) is 20.7 Å². The third-order valence-electron chi connectivity index (χ3n) is 3.37. The van der Waals surface area contributed by atoms with E-state index in [-0.39, 0.29) is 32.9 Å². The van der Waals surface area contributed by atoms with Crippen LogP contribution in [-0.2, 0) is 0 Å². The number of benzene rings is 2. The van der Waals surface area contributed by atoms with Crippen molar-refractivity contribution in [3.63, 3.8) is 0 Å². The molecule has 0 aromatic heterocycles. The molecule has 7 N–H and O–H groups in total. The predicted molar refractivity (Wildman–Crippen MR) is 87.4 cm³/mol. The van der Waals surface area contributed by atoms with Crippen molar-refractivity contribution in [3.8, 4) is 16.9 Å². The van der Waals surface area contributed by atoms with Crippen LogP contribution in [0, 0.1) is 0 Å². The molecule has 2 aromatic carbocycles. The van der Waals surface area contributed by atoms with Gasteiger partial charge in [-0.3, -0.25) is 9.59 Å². The molecule has 9 nitrogen and oxygen atoms in total. The third kappa shape index (κ3) is 3.39. The molecule has 0 aliphatic carbocycles. The fourth-order valence-corrected chi connectivity index (χ4v) is 2.25. The molecule has 0 aliphatic rings. The Morgan fingerprint density at radius 1 is 0.840 bits per heavy atom. The number of nitrogens with zero attached hydrogens (tertiary/aromatic N) is 1. The van der Waals surface area contributed by atoms with Gasteiger partial charge in [-0.05, 0) is 29.8 Å². The first-order valence-electron chi connectivity index (χ1n) is 6.89. The molecule has 2 aromatic rings. The van der Waals surface area contributed by atoms with Crippen LogP contribution < -0.4 is 17.2 Å². The highest BCUT2D eigenvalue weighted by atomic mass is 16.3. The molecule has 0 bridgehead atoms. The van der Waals surface area contributed by atoms with Gasteiger partial charge >= 0.3 is 12.1 Å². The molecule has 25 heavy (non-hydrogen) atoms. The Kier molecular flexibility index (Phi) is 4.69. The lowest BCUT2D eigenvalue weighted by molar-refractivity contribution is 0.0847. The minimum absolute atomic E-state index is 0.0303. The molecule has 6 amide bonds. The lowest BCUT2D eigenvalue weighted by Gasteiger charge is -2.16. The van der Waals surface area contributed by atoms with Gasteiger partial charge in [-0.25, -0.2) is 9.59 Å². The van der Waals surface area contributed by atoms with Crippen molar-refractivity contribution < 1.29 is 24.3 Å². The average molecular weight is 342 g/mol. The highest BCUT2D eigenvalue weighted by molar-refractivity contribution is 6.15. The van der Waals surface area contributed by atoms with E-state index in [2.05, 4.69) is 0 Å². The van der Waals surface area contributed by atoms with Crippen LogP contribution in [0.25, 0.3) is 11.1 Å². The summed E-state index contributed by atoms with van der Waals surface area (Å²) in [4.78, 5) is 46.5. The Labute approximate surface area is 141 Å². The van der Waals surface area contributed by atoms with E-state index < -0.39 is 23.9 Å². The molecule has 9 heteroatoms. The van der Waals surface area contributed by atoms with Gasteiger partial charge in [-0.15, -0.1) is 0 Å². The van der Waals surface area contributed by atoms with E-state index in [4.69, 9.17) is 17.2 Å². The lowest BCUT2D eigenvalue weighted by atomic mass is 9.95. The normalized spacial score (nSPS) is 10.1. The number of para-hydroxylation sites is 1. The second kappa shape index (κ2) is 6.71. The Morgan fingerprint density at radius 3 is 1.96 bits per heavy atom. The minimum atomic E-state index is -1.35. The maximum absolute atomic E-state index is 12.3. The summed E-state index contributed by atoms with van der Waals surface area (Å²) >= 11 is 0. The van der Waals surface area contributed by atoms with Crippen LogP contribution in [0.4, 0.5) is 9.59 Å². The second-order valence-electron chi connectivity index (χ2n) is 4.96. The number of phenolic OH excluding ortho intramolecular Hbond substituents is 1. The van der Waals surface area contributed by atoms with Crippen molar-refractivity contribution in [3.05, 3.63) is 53.6 Å². The molecule has 0 radical (unpaired) electrons. The van der Waals surface area contributed by atoms with Crippen LogP contribution in [0.2, 0.25) is 0 Å². The Bertz CT molecular complexity index is 880. The Morgan fingerprint density at radius 2 is 1.44 bits per heavy atom. The first-order chi connectivity index (χ1) is 11.7. The Balaban J connectivity index is 2.64. The molecular formula is C16H14N4O5. The summed E-state index contributed by atoms with van der Waals surface area (Å²) in [6, 6.07) is 6.99. The maximum Gasteiger partial charge on any atom is 0.330 e. The first-order valence-corrected chi connectivity index (χ1v) is 6.89. The summed E-state index contributed by atoms with van der Waals surface area (Å²) < 4.78 is 0. The summed E-state index contributed by atoms with van der Waals surface area (Å²) in [5.41, 5.74) is 15.5. The quantitative estimate of drug-likeness (QED) is 0.644. The molecule has 0 heterocycles. The molecule has 0 spiro atoms. The van der Waals surface area contributed by atoms with Gasteiger partial charge in [-0.2, -0.15) is 4.90 Å². The SMILES string of the molecule is NC(=O)c1ccc(C(=O)N(C(N)=O)C(N)=O)cc1-c1ccccc1O. The standard InChI is InChI=1S/C16H14N4O5/c17-13(22)10-6-5-8(14(23)20(15(18)24)16(19)25)7-11(10)9-3-1-2-4-12(9)21/h1-7,21H,(H2,17,22)(H2,18,24)(H2,19,25). The topological polar surface area (TPSA) is 170 Å². The average Bonchev–Trinajstić information content (AvgIpc) is 2.53. The number of carbonyl (C=O) groups is 4. The summed E-state index contributed by atoms with van der Waals surface area (Å²) in [7, 11) is 0. The second-order valence-corrected chi connectivity index (χ2v) is 4.96. The number of nitrogens with two attached hydrogens (primary N) is 3. The predicted octanol–water partition coefficient (Wildman–Crippen LogP) is 0.758. The zero-order valence-electron chi connectivity index (χ0n) is 12.8. The summed E-state index contributed by atoms with van der Waals surface area (Å²) in [6.45, 7) is 0. The molecule has 0 atom stereocenters. The molecule has 0 fully saturated rings. The molecule has 0 saturated carbocycles. The van der Waals surface area contributed by atoms with Gasteiger partial charge in [0, 0.05) is 16.7 Å². The molecule has 128 valence electrons. The molecule has 2 rings (SSSR count). The van der Waals surface area contributed by atoms with Gasteiger partial charge in [-0.1, -0.05) is 18.2 Å². The van der Waals surface area contributed by atoms with Gasteiger partial charge in [0.25, 0.3) is 5.91 Å².